The summed E-state index contributed by atoms with van der Waals surface area (Å²) in [6.07, 6.45) is 2.66. The van der Waals surface area contributed by atoms with Crippen molar-refractivity contribution in [2.45, 2.75) is 19.4 Å². The second kappa shape index (κ2) is 7.13. The van der Waals surface area contributed by atoms with Crippen LogP contribution in [0.2, 0.25) is 0 Å². The number of ether oxygens (including phenoxy) is 2. The Hall–Kier alpha value is -1.40. The van der Waals surface area contributed by atoms with Crippen molar-refractivity contribution < 1.29 is 9.47 Å². The molecule has 0 radical (unpaired) electrons. The van der Waals surface area contributed by atoms with Crippen LogP contribution in [-0.4, -0.2) is 48.9 Å². The van der Waals surface area contributed by atoms with Gasteiger partial charge in [-0.25, -0.2) is 9.97 Å². The predicted molar refractivity (Wildman–Crippen MR) is 68.9 cm³/mol. The molecule has 6 nitrogen and oxygen atoms in total. The summed E-state index contributed by atoms with van der Waals surface area (Å²) in [5, 5.41) is 6.52. The molecule has 1 unspecified atom stereocenters. The molecular formula is C12H20N4O2. The lowest BCUT2D eigenvalue weighted by atomic mass is 10.3. The summed E-state index contributed by atoms with van der Waals surface area (Å²) in [6, 6.07) is 1.81. The van der Waals surface area contributed by atoms with E-state index in [0.29, 0.717) is 12.5 Å². The van der Waals surface area contributed by atoms with Gasteiger partial charge in [0.15, 0.2) is 0 Å². The number of morpholine rings is 1. The highest BCUT2D eigenvalue weighted by molar-refractivity contribution is 5.37. The van der Waals surface area contributed by atoms with E-state index in [0.717, 1.165) is 38.5 Å². The minimum Gasteiger partial charge on any atom is -0.478 e. The highest BCUT2D eigenvalue weighted by Gasteiger charge is 2.13. The SMILES string of the molecule is CCCOc1cc(NCC2CNCCO2)ncn1. The Bertz CT molecular complexity index is 356. The quantitative estimate of drug-likeness (QED) is 0.775. The molecule has 0 saturated carbocycles. The van der Waals surface area contributed by atoms with E-state index in [9.17, 15) is 0 Å². The molecule has 2 rings (SSSR count). The van der Waals surface area contributed by atoms with Gasteiger partial charge in [-0.05, 0) is 6.42 Å². The van der Waals surface area contributed by atoms with Crippen molar-refractivity contribution in [2.75, 3.05) is 38.2 Å². The molecule has 0 spiro atoms. The van der Waals surface area contributed by atoms with Gasteiger partial charge >= 0.3 is 0 Å². The molecule has 1 atom stereocenters. The maximum atomic E-state index is 5.60. The van der Waals surface area contributed by atoms with Gasteiger partial charge in [-0.2, -0.15) is 0 Å². The average Bonchev–Trinajstić information content (AvgIpc) is 2.44. The zero-order valence-corrected chi connectivity index (χ0v) is 10.7. The zero-order valence-electron chi connectivity index (χ0n) is 10.7. The summed E-state index contributed by atoms with van der Waals surface area (Å²) >= 11 is 0. The largest absolute Gasteiger partial charge is 0.478 e. The summed E-state index contributed by atoms with van der Waals surface area (Å²) in [5.41, 5.74) is 0. The average molecular weight is 252 g/mol. The molecule has 1 aliphatic heterocycles. The summed E-state index contributed by atoms with van der Waals surface area (Å²) in [6.45, 7) is 6.04. The van der Waals surface area contributed by atoms with Gasteiger partial charge in [0.1, 0.15) is 12.1 Å². The molecule has 2 N–H and O–H groups in total. The molecule has 100 valence electrons. The first-order valence-corrected chi connectivity index (χ1v) is 6.39. The van der Waals surface area contributed by atoms with Crippen molar-refractivity contribution in [3.63, 3.8) is 0 Å². The van der Waals surface area contributed by atoms with E-state index in [-0.39, 0.29) is 6.10 Å². The van der Waals surface area contributed by atoms with E-state index in [1.54, 1.807) is 0 Å². The number of aromatic nitrogens is 2. The lowest BCUT2D eigenvalue weighted by Crippen LogP contribution is -2.42. The van der Waals surface area contributed by atoms with Gasteiger partial charge in [-0.1, -0.05) is 6.92 Å². The third-order valence-corrected chi connectivity index (χ3v) is 2.61. The molecule has 0 aliphatic carbocycles. The molecule has 0 aromatic carbocycles. The number of nitrogens with zero attached hydrogens (tertiary/aromatic N) is 2. The minimum atomic E-state index is 0.189. The van der Waals surface area contributed by atoms with Crippen LogP contribution in [0.5, 0.6) is 5.88 Å². The van der Waals surface area contributed by atoms with Crippen molar-refractivity contribution in [1.29, 1.82) is 0 Å². The van der Waals surface area contributed by atoms with E-state index in [1.807, 2.05) is 6.07 Å². The van der Waals surface area contributed by atoms with Gasteiger partial charge in [-0.15, -0.1) is 0 Å². The summed E-state index contributed by atoms with van der Waals surface area (Å²) in [4.78, 5) is 8.21. The lowest BCUT2D eigenvalue weighted by molar-refractivity contribution is 0.0372. The molecule has 1 aliphatic rings. The van der Waals surface area contributed by atoms with Crippen molar-refractivity contribution in [1.82, 2.24) is 15.3 Å². The lowest BCUT2D eigenvalue weighted by Gasteiger charge is -2.23. The number of nitrogens with one attached hydrogen (secondary N) is 2. The van der Waals surface area contributed by atoms with Crippen LogP contribution in [0.1, 0.15) is 13.3 Å². The third kappa shape index (κ3) is 4.12. The monoisotopic (exact) mass is 252 g/mol. The van der Waals surface area contributed by atoms with E-state index >= 15 is 0 Å². The zero-order chi connectivity index (χ0) is 12.6. The molecule has 6 heteroatoms. The molecule has 1 aromatic rings. The smallest absolute Gasteiger partial charge is 0.218 e. The molecule has 1 aromatic heterocycles. The van der Waals surface area contributed by atoms with Crippen LogP contribution >= 0.6 is 0 Å². The third-order valence-electron chi connectivity index (χ3n) is 2.61. The van der Waals surface area contributed by atoms with Crippen LogP contribution in [0.15, 0.2) is 12.4 Å². The molecule has 1 saturated heterocycles. The molecule has 2 heterocycles. The molecule has 1 fully saturated rings. The van der Waals surface area contributed by atoms with Gasteiger partial charge < -0.3 is 20.1 Å². The Morgan fingerprint density at radius 2 is 2.50 bits per heavy atom. The van der Waals surface area contributed by atoms with Crippen molar-refractivity contribution in [3.8, 4) is 5.88 Å². The van der Waals surface area contributed by atoms with E-state index in [2.05, 4.69) is 27.5 Å². The maximum absolute atomic E-state index is 5.60. The van der Waals surface area contributed by atoms with Gasteiger partial charge in [0.25, 0.3) is 0 Å². The molecule has 0 amide bonds. The van der Waals surface area contributed by atoms with Crippen molar-refractivity contribution in [2.24, 2.45) is 0 Å². The van der Waals surface area contributed by atoms with Gasteiger partial charge in [0.2, 0.25) is 5.88 Å². The first-order chi connectivity index (χ1) is 8.88. The van der Waals surface area contributed by atoms with Crippen molar-refractivity contribution >= 4 is 5.82 Å². The highest BCUT2D eigenvalue weighted by atomic mass is 16.5. The van der Waals surface area contributed by atoms with E-state index in [4.69, 9.17) is 9.47 Å². The van der Waals surface area contributed by atoms with Crippen LogP contribution in [0.4, 0.5) is 5.82 Å². The fourth-order valence-electron chi connectivity index (χ4n) is 1.69. The van der Waals surface area contributed by atoms with Crippen LogP contribution in [0.25, 0.3) is 0 Å². The maximum Gasteiger partial charge on any atom is 0.218 e. The first kappa shape index (κ1) is 13.0. The van der Waals surface area contributed by atoms with Crippen LogP contribution in [-0.2, 0) is 4.74 Å². The molecule has 18 heavy (non-hydrogen) atoms. The fraction of sp³-hybridized carbons (Fsp3) is 0.667. The number of rotatable bonds is 6. The van der Waals surface area contributed by atoms with Gasteiger partial charge in [-0.3, -0.25) is 0 Å². The summed E-state index contributed by atoms with van der Waals surface area (Å²) < 4.78 is 11.0. The normalized spacial score (nSPS) is 19.5. The van der Waals surface area contributed by atoms with Gasteiger partial charge in [0.05, 0.1) is 19.3 Å². The number of hydrogen-bond acceptors (Lipinski definition) is 6. The Morgan fingerprint density at radius 1 is 1.56 bits per heavy atom. The Kier molecular flexibility index (Phi) is 5.16. The second-order valence-electron chi connectivity index (χ2n) is 4.17. The standard InChI is InChI=1S/C12H20N4O2/c1-2-4-18-12-6-11(15-9-16-12)14-8-10-7-13-3-5-17-10/h6,9-10,13H,2-5,7-8H2,1H3,(H,14,15,16). The van der Waals surface area contributed by atoms with Crippen LogP contribution < -0.4 is 15.4 Å². The summed E-state index contributed by atoms with van der Waals surface area (Å²) in [5.74, 6) is 1.38. The van der Waals surface area contributed by atoms with Gasteiger partial charge in [0, 0.05) is 25.7 Å². The van der Waals surface area contributed by atoms with Crippen molar-refractivity contribution in [3.05, 3.63) is 12.4 Å². The number of anilines is 1. The van der Waals surface area contributed by atoms with E-state index < -0.39 is 0 Å². The van der Waals surface area contributed by atoms with Crippen LogP contribution in [0.3, 0.4) is 0 Å². The Morgan fingerprint density at radius 3 is 3.28 bits per heavy atom. The highest BCUT2D eigenvalue weighted by Crippen LogP contribution is 2.11. The predicted octanol–water partition coefficient (Wildman–Crippen LogP) is 0.666. The fourth-order valence-corrected chi connectivity index (χ4v) is 1.69. The Labute approximate surface area is 107 Å². The minimum absolute atomic E-state index is 0.189. The Balaban J connectivity index is 1.80. The second-order valence-corrected chi connectivity index (χ2v) is 4.17. The first-order valence-electron chi connectivity index (χ1n) is 6.39. The van der Waals surface area contributed by atoms with Crippen LogP contribution in [0, 0.1) is 0 Å². The molecular weight excluding hydrogens is 232 g/mol. The topological polar surface area (TPSA) is 68.3 Å². The number of hydrogen-bond donors (Lipinski definition) is 2. The molecule has 0 bridgehead atoms. The summed E-state index contributed by atoms with van der Waals surface area (Å²) in [7, 11) is 0. The van der Waals surface area contributed by atoms with E-state index in [1.165, 1.54) is 6.33 Å².